The van der Waals surface area contributed by atoms with Crippen molar-refractivity contribution in [2.45, 2.75) is 24.8 Å². The van der Waals surface area contributed by atoms with Crippen LogP contribution in [0.5, 0.6) is 0 Å². The Hall–Kier alpha value is -3.04. The van der Waals surface area contributed by atoms with Gasteiger partial charge in [-0.15, -0.1) is 23.1 Å². The number of rotatable bonds is 7. The van der Waals surface area contributed by atoms with E-state index >= 15 is 0 Å². The number of aryl methyl sites for hydroxylation is 1. The van der Waals surface area contributed by atoms with Crippen molar-refractivity contribution < 1.29 is 24.3 Å². The highest BCUT2D eigenvalue weighted by Gasteiger charge is 2.54. The van der Waals surface area contributed by atoms with E-state index in [9.17, 15) is 19.5 Å². The Balaban J connectivity index is 1.53. The molecule has 168 valence electrons. The van der Waals surface area contributed by atoms with E-state index in [0.29, 0.717) is 17.2 Å². The van der Waals surface area contributed by atoms with Crippen molar-refractivity contribution in [3.8, 4) is 0 Å². The van der Waals surface area contributed by atoms with Crippen molar-refractivity contribution in [1.82, 2.24) is 24.6 Å². The minimum atomic E-state index is -1.21. The van der Waals surface area contributed by atoms with Crippen molar-refractivity contribution in [1.29, 1.82) is 0 Å². The molecule has 2 aromatic rings. The molecule has 0 aromatic carbocycles. The number of aromatic nitrogens is 3. The van der Waals surface area contributed by atoms with E-state index < -0.39 is 29.2 Å². The molecule has 2 amide bonds. The third kappa shape index (κ3) is 4.05. The quantitative estimate of drug-likeness (QED) is 0.274. The Labute approximate surface area is 193 Å². The lowest BCUT2D eigenvalue weighted by molar-refractivity contribution is -0.150. The SMILES string of the molecule is CO/N=C(\C(=O)NC1C(=O)N2C(C(=O)O)=C(Cc3nsc(C)n3)CS[C@H]12)c1csc(N)n1. The lowest BCUT2D eigenvalue weighted by Crippen LogP contribution is -2.71. The van der Waals surface area contributed by atoms with Gasteiger partial charge in [-0.3, -0.25) is 14.5 Å². The molecule has 2 atom stereocenters. The van der Waals surface area contributed by atoms with Crippen molar-refractivity contribution in [3.63, 3.8) is 0 Å². The molecule has 15 heteroatoms. The number of carboxylic acids is 1. The van der Waals surface area contributed by atoms with Gasteiger partial charge in [-0.05, 0) is 24.0 Å². The second kappa shape index (κ2) is 8.84. The average Bonchev–Trinajstić information content (AvgIpc) is 3.37. The summed E-state index contributed by atoms with van der Waals surface area (Å²) in [5.41, 5.74) is 6.16. The number of nitrogens with two attached hydrogens (primary N) is 1. The Bertz CT molecular complexity index is 1160. The highest BCUT2D eigenvalue weighted by Crippen LogP contribution is 2.41. The monoisotopic (exact) mass is 495 g/mol. The van der Waals surface area contributed by atoms with E-state index in [1.165, 1.54) is 35.3 Å². The molecule has 2 aromatic heterocycles. The number of hydrogen-bond donors (Lipinski definition) is 3. The topological polar surface area (TPSA) is 173 Å². The van der Waals surface area contributed by atoms with Crippen LogP contribution in [0.2, 0.25) is 0 Å². The standard InChI is InChI=1S/C17H17N7O5S3/c1-6-19-9(23-32-6)3-7-4-30-15-11(14(26)24(15)12(7)16(27)28)21-13(25)10(22-29-2)8-5-31-17(18)20-8/h5,11,15H,3-4H2,1-2H3,(H2,18,20)(H,21,25)(H,27,28)/b22-10-/t11?,15-/m1/s1. The van der Waals surface area contributed by atoms with Gasteiger partial charge >= 0.3 is 5.97 Å². The summed E-state index contributed by atoms with van der Waals surface area (Å²) >= 11 is 3.72. The van der Waals surface area contributed by atoms with Crippen molar-refractivity contribution in [2.75, 3.05) is 18.6 Å². The van der Waals surface area contributed by atoms with Gasteiger partial charge in [0.15, 0.2) is 10.8 Å². The number of thioether (sulfide) groups is 1. The predicted molar refractivity (Wildman–Crippen MR) is 118 cm³/mol. The zero-order valence-corrected chi connectivity index (χ0v) is 19.2. The number of carboxylic acid groups (broad SMARTS) is 1. The lowest BCUT2D eigenvalue weighted by Gasteiger charge is -2.49. The second-order valence-electron chi connectivity index (χ2n) is 6.72. The number of β-lactam (4-membered cyclic amide) rings is 1. The fourth-order valence-corrected chi connectivity index (χ4v) is 5.71. The molecule has 2 aliphatic rings. The van der Waals surface area contributed by atoms with Crippen LogP contribution in [-0.4, -0.2) is 72.1 Å². The van der Waals surface area contributed by atoms with Gasteiger partial charge in [0.2, 0.25) is 0 Å². The number of carbonyl (C=O) groups is 3. The lowest BCUT2D eigenvalue weighted by atomic mass is 10.0. The highest BCUT2D eigenvalue weighted by atomic mass is 32.2. The van der Waals surface area contributed by atoms with E-state index in [4.69, 9.17) is 10.6 Å². The smallest absolute Gasteiger partial charge is 0.352 e. The van der Waals surface area contributed by atoms with Gasteiger partial charge in [0, 0.05) is 17.6 Å². The number of fused-ring (bicyclic) bond motifs is 1. The van der Waals surface area contributed by atoms with Crippen LogP contribution in [0.25, 0.3) is 0 Å². The van der Waals surface area contributed by atoms with E-state index in [1.54, 1.807) is 5.38 Å². The number of aliphatic carboxylic acids is 1. The van der Waals surface area contributed by atoms with E-state index in [2.05, 4.69) is 24.8 Å². The first-order valence-electron chi connectivity index (χ1n) is 9.12. The predicted octanol–water partition coefficient (Wildman–Crippen LogP) is 0.217. The Morgan fingerprint density at radius 1 is 1.44 bits per heavy atom. The maximum atomic E-state index is 12.8. The number of anilines is 1. The van der Waals surface area contributed by atoms with E-state index in [1.807, 2.05) is 6.92 Å². The molecule has 1 unspecified atom stereocenters. The molecule has 2 aliphatic heterocycles. The minimum absolute atomic E-state index is 0.0882. The van der Waals surface area contributed by atoms with E-state index in [0.717, 1.165) is 16.3 Å². The molecule has 4 heterocycles. The molecule has 1 saturated heterocycles. The van der Waals surface area contributed by atoms with Gasteiger partial charge < -0.3 is 21.0 Å². The van der Waals surface area contributed by atoms with Gasteiger partial charge in [-0.25, -0.2) is 14.8 Å². The normalized spacial score (nSPS) is 20.6. The van der Waals surface area contributed by atoms with Crippen LogP contribution < -0.4 is 11.1 Å². The fraction of sp³-hybridized carbons (Fsp3) is 0.353. The Morgan fingerprint density at radius 3 is 2.81 bits per heavy atom. The van der Waals surface area contributed by atoms with Crippen LogP contribution in [0.1, 0.15) is 16.5 Å². The third-order valence-corrected chi connectivity index (χ3v) is 7.31. The summed E-state index contributed by atoms with van der Waals surface area (Å²) in [6.07, 6.45) is 0.238. The number of thiazole rings is 1. The molecule has 4 N–H and O–H groups in total. The molecule has 32 heavy (non-hydrogen) atoms. The Kier molecular flexibility index (Phi) is 6.12. The van der Waals surface area contributed by atoms with Crippen LogP contribution in [0, 0.1) is 6.92 Å². The average molecular weight is 496 g/mol. The Morgan fingerprint density at radius 2 is 2.22 bits per heavy atom. The second-order valence-corrected chi connectivity index (χ2v) is 9.67. The van der Waals surface area contributed by atoms with Crippen LogP contribution in [0.3, 0.4) is 0 Å². The summed E-state index contributed by atoms with van der Waals surface area (Å²) in [7, 11) is 1.28. The molecule has 0 bridgehead atoms. The molecule has 12 nitrogen and oxygen atoms in total. The maximum Gasteiger partial charge on any atom is 0.352 e. The van der Waals surface area contributed by atoms with Crippen LogP contribution in [0.4, 0.5) is 5.13 Å². The summed E-state index contributed by atoms with van der Waals surface area (Å²) in [4.78, 5) is 51.8. The zero-order chi connectivity index (χ0) is 23.0. The summed E-state index contributed by atoms with van der Waals surface area (Å²) in [6.45, 7) is 1.81. The number of nitrogens with zero attached hydrogens (tertiary/aromatic N) is 5. The molecule has 0 saturated carbocycles. The fourth-order valence-electron chi connectivity index (χ4n) is 3.32. The van der Waals surface area contributed by atoms with Crippen LogP contribution in [-0.2, 0) is 25.6 Å². The molecule has 0 radical (unpaired) electrons. The number of nitrogen functional groups attached to an aromatic ring is 1. The summed E-state index contributed by atoms with van der Waals surface area (Å²) < 4.78 is 4.20. The van der Waals surface area contributed by atoms with Gasteiger partial charge in [-0.2, -0.15) is 4.37 Å². The first-order chi connectivity index (χ1) is 15.3. The largest absolute Gasteiger partial charge is 0.477 e. The molecule has 0 aliphatic carbocycles. The number of oxime groups is 1. The maximum absolute atomic E-state index is 12.8. The van der Waals surface area contributed by atoms with Gasteiger partial charge in [0.25, 0.3) is 11.8 Å². The first kappa shape index (κ1) is 22.2. The van der Waals surface area contributed by atoms with Crippen molar-refractivity contribution >= 4 is 63.3 Å². The molecule has 4 rings (SSSR count). The number of hydrogen-bond acceptors (Lipinski definition) is 12. The van der Waals surface area contributed by atoms with Crippen molar-refractivity contribution in [2.24, 2.45) is 5.16 Å². The summed E-state index contributed by atoms with van der Waals surface area (Å²) in [6, 6.07) is -0.916. The summed E-state index contributed by atoms with van der Waals surface area (Å²) in [5, 5.41) is 18.1. The molecule has 0 spiro atoms. The van der Waals surface area contributed by atoms with Gasteiger partial charge in [0.1, 0.15) is 40.7 Å². The van der Waals surface area contributed by atoms with Gasteiger partial charge in [-0.1, -0.05) is 5.16 Å². The highest BCUT2D eigenvalue weighted by molar-refractivity contribution is 8.00. The number of carbonyl (C=O) groups excluding carboxylic acids is 2. The van der Waals surface area contributed by atoms with Gasteiger partial charge in [0.05, 0.1) is 0 Å². The molecular weight excluding hydrogens is 478 g/mol. The number of nitrogens with one attached hydrogen (secondary N) is 1. The van der Waals surface area contributed by atoms with Crippen LogP contribution >= 0.6 is 34.6 Å². The molecule has 1 fully saturated rings. The zero-order valence-electron chi connectivity index (χ0n) is 16.8. The summed E-state index contributed by atoms with van der Waals surface area (Å²) in [5.74, 6) is -1.54. The third-order valence-electron chi connectivity index (χ3n) is 4.64. The molecular formula is C17H17N7O5S3. The number of amides is 2. The van der Waals surface area contributed by atoms with Crippen molar-refractivity contribution in [3.05, 3.63) is 33.2 Å². The first-order valence-corrected chi connectivity index (χ1v) is 11.8. The van der Waals surface area contributed by atoms with E-state index in [-0.39, 0.29) is 28.7 Å². The van der Waals surface area contributed by atoms with Crippen LogP contribution in [0.15, 0.2) is 21.8 Å². The minimum Gasteiger partial charge on any atom is -0.477 e.